The number of carbonyl (C=O) groups is 1. The van der Waals surface area contributed by atoms with Crippen LogP contribution in [0.4, 0.5) is 5.82 Å². The van der Waals surface area contributed by atoms with Gasteiger partial charge in [-0.2, -0.15) is 0 Å². The molecule has 1 saturated heterocycles. The molecule has 6 heteroatoms. The first-order chi connectivity index (χ1) is 10.3. The molecule has 1 aromatic rings. The Balaban J connectivity index is 1.64. The summed E-state index contributed by atoms with van der Waals surface area (Å²) in [5.74, 6) is 2.14. The number of hydrogen-bond acceptors (Lipinski definition) is 5. The van der Waals surface area contributed by atoms with E-state index in [9.17, 15) is 4.79 Å². The van der Waals surface area contributed by atoms with E-state index >= 15 is 0 Å². The SMILES string of the molecule is CCOc1cc(N2CCCN(C(=O)C3CC3)CC2)ncn1. The summed E-state index contributed by atoms with van der Waals surface area (Å²) in [5.41, 5.74) is 0. The third-order valence-corrected chi connectivity index (χ3v) is 3.98. The van der Waals surface area contributed by atoms with E-state index in [-0.39, 0.29) is 0 Å². The molecule has 6 nitrogen and oxygen atoms in total. The fraction of sp³-hybridized carbons (Fsp3) is 0.667. The monoisotopic (exact) mass is 290 g/mol. The van der Waals surface area contributed by atoms with Crippen molar-refractivity contribution in [2.75, 3.05) is 37.7 Å². The minimum Gasteiger partial charge on any atom is -0.478 e. The van der Waals surface area contributed by atoms with E-state index in [1.165, 1.54) is 0 Å². The molecule has 2 aliphatic rings. The van der Waals surface area contributed by atoms with E-state index in [4.69, 9.17) is 4.74 Å². The molecule has 0 radical (unpaired) electrons. The average molecular weight is 290 g/mol. The summed E-state index contributed by atoms with van der Waals surface area (Å²) in [6.45, 7) is 5.91. The van der Waals surface area contributed by atoms with Gasteiger partial charge in [-0.3, -0.25) is 4.79 Å². The largest absolute Gasteiger partial charge is 0.478 e. The van der Waals surface area contributed by atoms with Gasteiger partial charge in [0.25, 0.3) is 0 Å². The zero-order valence-corrected chi connectivity index (χ0v) is 12.5. The number of rotatable bonds is 4. The Morgan fingerprint density at radius 1 is 1.29 bits per heavy atom. The summed E-state index contributed by atoms with van der Waals surface area (Å²) < 4.78 is 5.43. The van der Waals surface area contributed by atoms with E-state index in [1.807, 2.05) is 17.9 Å². The molecular formula is C15H22N4O2. The fourth-order valence-corrected chi connectivity index (χ4v) is 2.69. The van der Waals surface area contributed by atoms with Crippen LogP contribution in [0.25, 0.3) is 0 Å². The maximum atomic E-state index is 12.2. The third kappa shape index (κ3) is 3.43. The molecule has 1 aliphatic carbocycles. The first-order valence-electron chi connectivity index (χ1n) is 7.76. The van der Waals surface area contributed by atoms with E-state index in [1.54, 1.807) is 6.33 Å². The van der Waals surface area contributed by atoms with Gasteiger partial charge in [0.05, 0.1) is 6.61 Å². The lowest BCUT2D eigenvalue weighted by Crippen LogP contribution is -2.36. The zero-order valence-electron chi connectivity index (χ0n) is 12.5. The molecule has 0 unspecified atom stereocenters. The molecule has 2 fully saturated rings. The maximum absolute atomic E-state index is 12.2. The second kappa shape index (κ2) is 6.28. The molecule has 114 valence electrons. The summed E-state index contributed by atoms with van der Waals surface area (Å²) in [6.07, 6.45) is 4.66. The van der Waals surface area contributed by atoms with Crippen LogP contribution in [0.1, 0.15) is 26.2 Å². The van der Waals surface area contributed by atoms with Gasteiger partial charge in [-0.15, -0.1) is 0 Å². The highest BCUT2D eigenvalue weighted by molar-refractivity contribution is 5.81. The molecule has 1 saturated carbocycles. The topological polar surface area (TPSA) is 58.6 Å². The molecule has 2 heterocycles. The standard InChI is InChI=1S/C15H22N4O2/c1-2-21-14-10-13(16-11-17-14)18-6-3-7-19(9-8-18)15(20)12-4-5-12/h10-12H,2-9H2,1H3. The van der Waals surface area contributed by atoms with Gasteiger partial charge >= 0.3 is 0 Å². The summed E-state index contributed by atoms with van der Waals surface area (Å²) in [5, 5.41) is 0. The minimum atomic E-state index is 0.306. The summed E-state index contributed by atoms with van der Waals surface area (Å²) >= 11 is 0. The number of carbonyl (C=O) groups excluding carboxylic acids is 1. The molecule has 0 aromatic carbocycles. The van der Waals surface area contributed by atoms with E-state index in [2.05, 4.69) is 14.9 Å². The number of aromatic nitrogens is 2. The van der Waals surface area contributed by atoms with Crippen molar-refractivity contribution in [2.24, 2.45) is 5.92 Å². The summed E-state index contributed by atoms with van der Waals surface area (Å²) in [7, 11) is 0. The Morgan fingerprint density at radius 2 is 2.14 bits per heavy atom. The van der Waals surface area contributed by atoms with Crippen LogP contribution in [-0.4, -0.2) is 53.6 Å². The van der Waals surface area contributed by atoms with Crippen LogP contribution >= 0.6 is 0 Å². The Morgan fingerprint density at radius 3 is 2.90 bits per heavy atom. The van der Waals surface area contributed by atoms with Gasteiger partial charge in [0.1, 0.15) is 12.1 Å². The van der Waals surface area contributed by atoms with Crippen LogP contribution in [0.5, 0.6) is 5.88 Å². The predicted octanol–water partition coefficient (Wildman–Crippen LogP) is 1.32. The third-order valence-electron chi connectivity index (χ3n) is 3.98. The number of ether oxygens (including phenoxy) is 1. The Hall–Kier alpha value is -1.85. The first-order valence-corrected chi connectivity index (χ1v) is 7.76. The molecular weight excluding hydrogens is 268 g/mol. The van der Waals surface area contributed by atoms with Gasteiger partial charge in [-0.25, -0.2) is 9.97 Å². The van der Waals surface area contributed by atoms with Crippen LogP contribution in [0.3, 0.4) is 0 Å². The Bertz CT molecular complexity index is 504. The van der Waals surface area contributed by atoms with E-state index in [0.717, 1.165) is 51.3 Å². The smallest absolute Gasteiger partial charge is 0.225 e. The second-order valence-electron chi connectivity index (χ2n) is 5.59. The van der Waals surface area contributed by atoms with Crippen molar-refractivity contribution in [3.05, 3.63) is 12.4 Å². The highest BCUT2D eigenvalue weighted by Crippen LogP contribution is 2.31. The summed E-state index contributed by atoms with van der Waals surface area (Å²) in [4.78, 5) is 24.8. The number of nitrogens with zero attached hydrogens (tertiary/aromatic N) is 4. The van der Waals surface area contributed by atoms with Crippen molar-refractivity contribution in [3.63, 3.8) is 0 Å². The second-order valence-corrected chi connectivity index (χ2v) is 5.59. The summed E-state index contributed by atoms with van der Waals surface area (Å²) in [6, 6.07) is 1.88. The van der Waals surface area contributed by atoms with Crippen molar-refractivity contribution < 1.29 is 9.53 Å². The molecule has 0 bridgehead atoms. The Labute approximate surface area is 125 Å². The number of hydrogen-bond donors (Lipinski definition) is 0. The van der Waals surface area contributed by atoms with Crippen molar-refractivity contribution in [3.8, 4) is 5.88 Å². The van der Waals surface area contributed by atoms with Crippen molar-refractivity contribution in [1.29, 1.82) is 0 Å². The van der Waals surface area contributed by atoms with Crippen LogP contribution in [0.2, 0.25) is 0 Å². The molecule has 1 amide bonds. The normalized spacial score (nSPS) is 19.3. The van der Waals surface area contributed by atoms with Crippen molar-refractivity contribution in [2.45, 2.75) is 26.2 Å². The van der Waals surface area contributed by atoms with Crippen LogP contribution in [0.15, 0.2) is 12.4 Å². The van der Waals surface area contributed by atoms with Crippen molar-refractivity contribution >= 4 is 11.7 Å². The molecule has 3 rings (SSSR count). The molecule has 1 aliphatic heterocycles. The highest BCUT2D eigenvalue weighted by Gasteiger charge is 2.34. The van der Waals surface area contributed by atoms with Gasteiger partial charge in [0, 0.05) is 38.2 Å². The molecule has 0 N–H and O–H groups in total. The Kier molecular flexibility index (Phi) is 4.22. The van der Waals surface area contributed by atoms with Crippen LogP contribution in [0, 0.1) is 5.92 Å². The van der Waals surface area contributed by atoms with E-state index in [0.29, 0.717) is 24.3 Å². The van der Waals surface area contributed by atoms with Crippen LogP contribution in [-0.2, 0) is 4.79 Å². The zero-order chi connectivity index (χ0) is 14.7. The molecule has 0 atom stereocenters. The van der Waals surface area contributed by atoms with Gasteiger partial charge in [-0.1, -0.05) is 0 Å². The number of amides is 1. The maximum Gasteiger partial charge on any atom is 0.225 e. The minimum absolute atomic E-state index is 0.306. The lowest BCUT2D eigenvalue weighted by Gasteiger charge is -2.23. The first kappa shape index (κ1) is 14.1. The van der Waals surface area contributed by atoms with Gasteiger partial charge in [-0.05, 0) is 26.2 Å². The van der Waals surface area contributed by atoms with Gasteiger partial charge < -0.3 is 14.5 Å². The highest BCUT2D eigenvalue weighted by atomic mass is 16.5. The molecule has 21 heavy (non-hydrogen) atoms. The molecule has 0 spiro atoms. The van der Waals surface area contributed by atoms with Crippen molar-refractivity contribution in [1.82, 2.24) is 14.9 Å². The lowest BCUT2D eigenvalue weighted by atomic mass is 10.3. The quantitative estimate of drug-likeness (QED) is 0.837. The predicted molar refractivity (Wildman–Crippen MR) is 79.3 cm³/mol. The average Bonchev–Trinajstić information content (AvgIpc) is 3.34. The van der Waals surface area contributed by atoms with E-state index < -0.39 is 0 Å². The fourth-order valence-electron chi connectivity index (χ4n) is 2.69. The molecule has 1 aromatic heterocycles. The number of anilines is 1. The van der Waals surface area contributed by atoms with Gasteiger partial charge in [0.2, 0.25) is 11.8 Å². The lowest BCUT2D eigenvalue weighted by molar-refractivity contribution is -0.132. The van der Waals surface area contributed by atoms with Gasteiger partial charge in [0.15, 0.2) is 0 Å². The van der Waals surface area contributed by atoms with Crippen LogP contribution < -0.4 is 9.64 Å².